The summed E-state index contributed by atoms with van der Waals surface area (Å²) in [7, 11) is 4.17. The van der Waals surface area contributed by atoms with Crippen LogP contribution in [0.4, 0.5) is 4.79 Å². The van der Waals surface area contributed by atoms with Gasteiger partial charge in [0.15, 0.2) is 0 Å². The second kappa shape index (κ2) is 7.92. The van der Waals surface area contributed by atoms with Gasteiger partial charge < -0.3 is 15.1 Å². The summed E-state index contributed by atoms with van der Waals surface area (Å²) in [6, 6.07) is 0.0556. The van der Waals surface area contributed by atoms with Gasteiger partial charge in [-0.1, -0.05) is 13.8 Å². The van der Waals surface area contributed by atoms with Gasteiger partial charge in [0.1, 0.15) is 0 Å². The topological polar surface area (TPSA) is 48.5 Å². The summed E-state index contributed by atoms with van der Waals surface area (Å²) in [6.07, 6.45) is 4.00. The highest BCUT2D eigenvalue weighted by molar-refractivity contribution is 7.11. The Morgan fingerprint density at radius 2 is 2.32 bits per heavy atom. The monoisotopic (exact) mass is 324 g/mol. The first-order chi connectivity index (χ1) is 10.4. The van der Waals surface area contributed by atoms with Crippen LogP contribution in [0.1, 0.15) is 30.2 Å². The highest BCUT2D eigenvalue weighted by atomic mass is 32.1. The van der Waals surface area contributed by atoms with E-state index in [0.29, 0.717) is 18.4 Å². The molecule has 1 fully saturated rings. The van der Waals surface area contributed by atoms with Crippen LogP contribution >= 0.6 is 11.3 Å². The maximum Gasteiger partial charge on any atom is 0.317 e. The van der Waals surface area contributed by atoms with E-state index in [0.717, 1.165) is 42.4 Å². The zero-order valence-electron chi connectivity index (χ0n) is 14.1. The molecule has 0 bridgehead atoms. The number of urea groups is 1. The molecule has 0 aliphatic carbocycles. The molecule has 5 nitrogen and oxygen atoms in total. The molecule has 1 aromatic rings. The van der Waals surface area contributed by atoms with Crippen LogP contribution in [-0.2, 0) is 13.0 Å². The van der Waals surface area contributed by atoms with E-state index in [1.165, 1.54) is 0 Å². The minimum atomic E-state index is 0.0556. The van der Waals surface area contributed by atoms with Gasteiger partial charge in [0.05, 0.1) is 11.6 Å². The van der Waals surface area contributed by atoms with Crippen LogP contribution in [0.2, 0.25) is 0 Å². The first-order valence-corrected chi connectivity index (χ1v) is 8.86. The predicted molar refractivity (Wildman–Crippen MR) is 91.1 cm³/mol. The van der Waals surface area contributed by atoms with Crippen molar-refractivity contribution < 1.29 is 4.79 Å². The minimum Gasteiger partial charge on any atom is -0.333 e. The maximum absolute atomic E-state index is 12.2. The van der Waals surface area contributed by atoms with E-state index in [1.54, 1.807) is 11.3 Å². The number of amides is 2. The van der Waals surface area contributed by atoms with Crippen LogP contribution in [-0.4, -0.2) is 54.5 Å². The second-order valence-corrected chi connectivity index (χ2v) is 8.04. The number of carbonyl (C=O) groups excluding carboxylic acids is 1. The van der Waals surface area contributed by atoms with Crippen molar-refractivity contribution >= 4 is 17.4 Å². The summed E-state index contributed by atoms with van der Waals surface area (Å²) in [5.74, 6) is 1.22. The molecule has 1 aromatic heterocycles. The summed E-state index contributed by atoms with van der Waals surface area (Å²) in [6.45, 7) is 7.76. The molecule has 124 valence electrons. The fraction of sp³-hybridized carbons (Fsp3) is 0.750. The van der Waals surface area contributed by atoms with Gasteiger partial charge in [-0.15, -0.1) is 11.3 Å². The predicted octanol–water partition coefficient (Wildman–Crippen LogP) is 2.43. The van der Waals surface area contributed by atoms with Crippen molar-refractivity contribution in [2.24, 2.45) is 11.8 Å². The number of nitrogens with one attached hydrogen (secondary N) is 1. The summed E-state index contributed by atoms with van der Waals surface area (Å²) in [5, 5.41) is 4.18. The van der Waals surface area contributed by atoms with Gasteiger partial charge in [-0.3, -0.25) is 0 Å². The standard InChI is InChI=1S/C16H28N4OS/c1-12(2)7-15-17-8-14(22-15)9-18-16(21)20-6-5-13(11-20)10-19(3)4/h8,12-13H,5-7,9-11H2,1-4H3,(H,18,21). The molecule has 0 saturated carbocycles. The normalized spacial score (nSPS) is 18.5. The Hall–Kier alpha value is -1.14. The van der Waals surface area contributed by atoms with E-state index >= 15 is 0 Å². The first kappa shape index (κ1) is 17.2. The van der Waals surface area contributed by atoms with E-state index < -0.39 is 0 Å². The smallest absolute Gasteiger partial charge is 0.317 e. The minimum absolute atomic E-state index is 0.0556. The lowest BCUT2D eigenvalue weighted by molar-refractivity contribution is 0.205. The molecule has 1 aliphatic heterocycles. The molecular weight excluding hydrogens is 296 g/mol. The molecule has 2 rings (SSSR count). The van der Waals surface area contributed by atoms with Gasteiger partial charge in [0.2, 0.25) is 0 Å². The fourth-order valence-electron chi connectivity index (χ4n) is 2.83. The van der Waals surface area contributed by atoms with Crippen LogP contribution in [0.25, 0.3) is 0 Å². The van der Waals surface area contributed by atoms with E-state index in [4.69, 9.17) is 0 Å². The molecule has 0 spiro atoms. The molecule has 1 unspecified atom stereocenters. The quantitative estimate of drug-likeness (QED) is 0.874. The molecule has 0 radical (unpaired) electrons. The van der Waals surface area contributed by atoms with Crippen molar-refractivity contribution in [1.82, 2.24) is 20.1 Å². The number of likely N-dealkylation sites (tertiary alicyclic amines) is 1. The number of hydrogen-bond acceptors (Lipinski definition) is 4. The Kier molecular flexibility index (Phi) is 6.20. The summed E-state index contributed by atoms with van der Waals surface area (Å²) >= 11 is 1.70. The third-order valence-corrected chi connectivity index (χ3v) is 4.81. The Labute approximate surface area is 137 Å². The van der Waals surface area contributed by atoms with Crippen LogP contribution in [0, 0.1) is 11.8 Å². The van der Waals surface area contributed by atoms with Crippen LogP contribution in [0.3, 0.4) is 0 Å². The first-order valence-electron chi connectivity index (χ1n) is 8.05. The molecule has 1 saturated heterocycles. The van der Waals surface area contributed by atoms with Gasteiger partial charge in [-0.25, -0.2) is 9.78 Å². The van der Waals surface area contributed by atoms with Crippen LogP contribution < -0.4 is 5.32 Å². The largest absolute Gasteiger partial charge is 0.333 e. The Morgan fingerprint density at radius 1 is 1.55 bits per heavy atom. The number of rotatable bonds is 6. The molecule has 1 atom stereocenters. The van der Waals surface area contributed by atoms with Crippen molar-refractivity contribution in [2.75, 3.05) is 33.7 Å². The lowest BCUT2D eigenvalue weighted by Gasteiger charge is -2.18. The Morgan fingerprint density at radius 3 is 3.00 bits per heavy atom. The highest BCUT2D eigenvalue weighted by Gasteiger charge is 2.26. The molecular formula is C16H28N4OS. The van der Waals surface area contributed by atoms with Crippen molar-refractivity contribution in [3.05, 3.63) is 16.1 Å². The third kappa shape index (κ3) is 5.25. The SMILES string of the molecule is CC(C)Cc1ncc(CNC(=O)N2CCC(CN(C)C)C2)s1. The molecule has 0 aromatic carbocycles. The zero-order valence-corrected chi connectivity index (χ0v) is 14.9. The van der Waals surface area contributed by atoms with Crippen molar-refractivity contribution in [3.63, 3.8) is 0 Å². The summed E-state index contributed by atoms with van der Waals surface area (Å²) < 4.78 is 0. The average Bonchev–Trinajstić information content (AvgIpc) is 3.04. The zero-order chi connectivity index (χ0) is 16.1. The molecule has 2 heterocycles. The summed E-state index contributed by atoms with van der Waals surface area (Å²) in [5.41, 5.74) is 0. The van der Waals surface area contributed by atoms with E-state index in [2.05, 4.69) is 43.1 Å². The van der Waals surface area contributed by atoms with Gasteiger partial charge in [0, 0.05) is 37.1 Å². The average molecular weight is 324 g/mol. The Bertz CT molecular complexity index is 486. The highest BCUT2D eigenvalue weighted by Crippen LogP contribution is 2.18. The maximum atomic E-state index is 12.2. The van der Waals surface area contributed by atoms with Crippen molar-refractivity contribution in [2.45, 2.75) is 33.2 Å². The molecule has 22 heavy (non-hydrogen) atoms. The van der Waals surface area contributed by atoms with Gasteiger partial charge >= 0.3 is 6.03 Å². The van der Waals surface area contributed by atoms with E-state index in [-0.39, 0.29) is 6.03 Å². The lowest BCUT2D eigenvalue weighted by Crippen LogP contribution is -2.38. The molecule has 1 aliphatic rings. The van der Waals surface area contributed by atoms with Gasteiger partial charge in [0.25, 0.3) is 0 Å². The summed E-state index contributed by atoms with van der Waals surface area (Å²) in [4.78, 5) is 21.9. The lowest BCUT2D eigenvalue weighted by atomic mass is 10.1. The number of hydrogen-bond donors (Lipinski definition) is 1. The molecule has 6 heteroatoms. The molecule has 2 amide bonds. The van der Waals surface area contributed by atoms with Crippen LogP contribution in [0.5, 0.6) is 0 Å². The van der Waals surface area contributed by atoms with Gasteiger partial charge in [-0.2, -0.15) is 0 Å². The molecule has 1 N–H and O–H groups in total. The van der Waals surface area contributed by atoms with Crippen molar-refractivity contribution in [1.29, 1.82) is 0 Å². The van der Waals surface area contributed by atoms with E-state index in [1.807, 2.05) is 11.1 Å². The van der Waals surface area contributed by atoms with Gasteiger partial charge in [-0.05, 0) is 32.4 Å². The number of thiazole rings is 1. The number of nitrogens with zero attached hydrogens (tertiary/aromatic N) is 3. The number of carbonyl (C=O) groups is 1. The van der Waals surface area contributed by atoms with E-state index in [9.17, 15) is 4.79 Å². The number of aromatic nitrogens is 1. The van der Waals surface area contributed by atoms with Crippen LogP contribution in [0.15, 0.2) is 6.20 Å². The Balaban J connectivity index is 1.75. The van der Waals surface area contributed by atoms with Crippen molar-refractivity contribution in [3.8, 4) is 0 Å². The third-order valence-electron chi connectivity index (χ3n) is 3.79. The second-order valence-electron chi connectivity index (χ2n) is 6.84. The fourth-order valence-corrected chi connectivity index (χ4v) is 3.90.